The summed E-state index contributed by atoms with van der Waals surface area (Å²) >= 11 is 0. The largest absolute Gasteiger partial charge is 0.480 e. The second-order valence-corrected chi connectivity index (χ2v) is 2.59. The van der Waals surface area contributed by atoms with Crippen LogP contribution in [0.3, 0.4) is 0 Å². The summed E-state index contributed by atoms with van der Waals surface area (Å²) in [6.45, 7) is 3.84. The smallest absolute Gasteiger partial charge is 0.320 e. The van der Waals surface area contributed by atoms with E-state index in [4.69, 9.17) is 10.8 Å². The Bertz CT molecular complexity index is 204. The van der Waals surface area contributed by atoms with E-state index in [9.17, 15) is 9.59 Å². The van der Waals surface area contributed by atoms with Gasteiger partial charge in [0, 0.05) is 13.0 Å². The lowest BCUT2D eigenvalue weighted by atomic mass is 7.64. The molecule has 0 rings (SSSR count). The van der Waals surface area contributed by atoms with Gasteiger partial charge in [0.1, 0.15) is 6.04 Å². The van der Waals surface area contributed by atoms with Crippen LogP contribution in [0.25, 0.3) is 0 Å². The van der Waals surface area contributed by atoms with Gasteiger partial charge in [0.25, 0.3) is 0 Å². The van der Waals surface area contributed by atoms with Crippen LogP contribution in [-0.4, -0.2) is 29.6 Å². The zero-order chi connectivity index (χ0) is 10.3. The van der Waals surface area contributed by atoms with Gasteiger partial charge in [-0.3, -0.25) is 9.59 Å². The monoisotopic (exact) mass is 182 g/mol. The highest BCUT2D eigenvalue weighted by molar-refractivity contribution is 5.77. The number of carbonyl (C=O) groups excluding carboxylic acids is 1. The first-order valence-corrected chi connectivity index (χ1v) is 3.93. The molecule has 0 aliphatic rings. The number of rotatable bonds is 7. The Morgan fingerprint density at radius 1 is 1.69 bits per heavy atom. The lowest BCUT2D eigenvalue weighted by Gasteiger charge is -2.11. The molecule has 74 valence electrons. The number of nitrogens with one attached hydrogen (secondary N) is 1. The summed E-state index contributed by atoms with van der Waals surface area (Å²) in [4.78, 5) is 21.0. The summed E-state index contributed by atoms with van der Waals surface area (Å²) in [5.74, 6) is -1.48. The van der Waals surface area contributed by atoms with Crippen LogP contribution >= 0.6 is 0 Å². The highest BCUT2D eigenvalue weighted by atomic mass is 16.4. The first-order chi connectivity index (χ1) is 6.07. The average molecular weight is 182 g/mol. The highest BCUT2D eigenvalue weighted by Gasteiger charge is 2.16. The highest BCUT2D eigenvalue weighted by Crippen LogP contribution is 1.96. The molecule has 0 aromatic rings. The summed E-state index contributed by atoms with van der Waals surface area (Å²) < 4.78 is 0. The summed E-state index contributed by atoms with van der Waals surface area (Å²) in [5, 5.41) is 11.4. The van der Waals surface area contributed by atoms with Gasteiger partial charge in [-0.1, -0.05) is 6.08 Å². The molecule has 4 N–H and O–H groups in total. The van der Waals surface area contributed by atoms with Crippen LogP contribution in [0.15, 0.2) is 12.7 Å². The molecule has 1 atom stereocenters. The molecule has 5 heteroatoms. The molecule has 0 heterocycles. The lowest BCUT2D eigenvalue weighted by molar-refractivity contribution is -0.139. The van der Waals surface area contributed by atoms with Crippen molar-refractivity contribution in [3.8, 4) is 0 Å². The van der Waals surface area contributed by atoms with E-state index in [-0.39, 0.29) is 12.8 Å². The van der Waals surface area contributed by atoms with Gasteiger partial charge in [0.05, 0.1) is 0 Å². The zero-order valence-electron chi connectivity index (χ0n) is 7.32. The van der Waals surface area contributed by atoms with E-state index in [1.54, 1.807) is 6.08 Å². The minimum Gasteiger partial charge on any atom is -0.480 e. The Labute approximate surface area is 76.6 Å². The number of amides is 1. The van der Waals surface area contributed by atoms with Gasteiger partial charge in [0.15, 0.2) is 0 Å². The minimum absolute atomic E-state index is 0.0705. The van der Waals surface area contributed by atoms with Crippen molar-refractivity contribution in [1.29, 1.82) is 0 Å². The molecule has 0 aliphatic heterocycles. The van der Waals surface area contributed by atoms with Crippen LogP contribution in [0.4, 0.5) is 0 Å². The second kappa shape index (κ2) is 6.19. The molecule has 0 aromatic heterocycles. The molecule has 1 amide bonds. The van der Waals surface area contributed by atoms with Crippen molar-refractivity contribution in [3.63, 3.8) is 0 Å². The van der Waals surface area contributed by atoms with Crippen LogP contribution in [0.1, 0.15) is 12.8 Å². The minimum atomic E-state index is -0.983. The van der Waals surface area contributed by atoms with Gasteiger partial charge < -0.3 is 16.2 Å². The Kier molecular flexibility index (Phi) is 5.54. The Balaban J connectivity index is 3.87. The third-order valence-electron chi connectivity index (χ3n) is 1.49. The van der Waals surface area contributed by atoms with Crippen LogP contribution in [-0.2, 0) is 9.59 Å². The third kappa shape index (κ3) is 5.86. The van der Waals surface area contributed by atoms with E-state index in [0.717, 1.165) is 0 Å². The van der Waals surface area contributed by atoms with Crippen LogP contribution < -0.4 is 11.1 Å². The number of carbonyl (C=O) groups is 2. The molecular weight excluding hydrogens is 168 g/mol. The van der Waals surface area contributed by atoms with Gasteiger partial charge >= 0.3 is 5.97 Å². The van der Waals surface area contributed by atoms with E-state index in [0.29, 0.717) is 6.54 Å². The molecule has 0 aromatic carbocycles. The van der Waals surface area contributed by atoms with Crippen molar-refractivity contribution in [2.45, 2.75) is 18.9 Å². The van der Waals surface area contributed by atoms with E-state index in [1.807, 2.05) is 0 Å². The first kappa shape index (κ1) is 11.6. The summed E-state index contributed by atoms with van der Waals surface area (Å²) in [5.41, 5.74) is 4.89. The van der Waals surface area contributed by atoms with Crippen molar-refractivity contribution in [1.82, 2.24) is 5.32 Å². The molecule has 0 spiro atoms. The third-order valence-corrected chi connectivity index (χ3v) is 1.49. The fourth-order valence-corrected chi connectivity index (χ4v) is 0.825. The molecule has 0 fully saturated rings. The topological polar surface area (TPSA) is 92.4 Å². The molecule has 13 heavy (non-hydrogen) atoms. The Morgan fingerprint density at radius 3 is 2.69 bits per heavy atom. The standard InChI is InChI=1S/C8H14N2O3/c1-2-5-10-6(8(12)13)3-4-7(9)11/h2,6,10H,1,3-5H2,(H2,9,11)(H,12,13)/t6-/m1/s1/i5-4. The van der Waals surface area contributed by atoms with E-state index < -0.39 is 17.9 Å². The number of nitrogens with two attached hydrogens (primary N) is 1. The van der Waals surface area contributed by atoms with Crippen molar-refractivity contribution >= 4 is 11.9 Å². The number of aliphatic carboxylic acids is 1. The number of primary amides is 1. The number of hydrogen-bond acceptors (Lipinski definition) is 3. The fraction of sp³-hybridized carbons (Fsp3) is 0.500. The quantitative estimate of drug-likeness (QED) is 0.462. The van der Waals surface area contributed by atoms with Crippen molar-refractivity contribution in [3.05, 3.63) is 12.7 Å². The lowest BCUT2D eigenvalue weighted by Crippen LogP contribution is -2.37. The fourth-order valence-electron chi connectivity index (χ4n) is 0.825. The van der Waals surface area contributed by atoms with E-state index in [1.165, 1.54) is 0 Å². The second-order valence-electron chi connectivity index (χ2n) is 2.59. The van der Waals surface area contributed by atoms with Gasteiger partial charge in [-0.25, -0.2) is 0 Å². The Hall–Kier alpha value is -1.36. The maximum atomic E-state index is 10.6. The molecule has 5 nitrogen and oxygen atoms in total. The van der Waals surface area contributed by atoms with Crippen LogP contribution in [0.2, 0.25) is 0 Å². The van der Waals surface area contributed by atoms with Crippen molar-refractivity contribution < 1.29 is 14.7 Å². The molecule has 0 aliphatic carbocycles. The molecule has 0 bridgehead atoms. The molecular formula is C8H14N2O3. The normalized spacial score (nSPS) is 12.0. The molecule has 0 unspecified atom stereocenters. The summed E-state index contributed by atoms with van der Waals surface area (Å²) in [7, 11) is 0. The molecule has 0 radical (unpaired) electrons. The summed E-state index contributed by atoms with van der Waals surface area (Å²) in [6, 6.07) is -0.731. The van der Waals surface area contributed by atoms with Crippen LogP contribution in [0, 0.1) is 0 Å². The average Bonchev–Trinajstić information content (AvgIpc) is 2.03. The predicted octanol–water partition coefficient (Wildman–Crippen LogP) is -0.519. The van der Waals surface area contributed by atoms with E-state index in [2.05, 4.69) is 11.9 Å². The predicted molar refractivity (Wildman–Crippen MR) is 48.1 cm³/mol. The van der Waals surface area contributed by atoms with E-state index >= 15 is 0 Å². The van der Waals surface area contributed by atoms with Crippen molar-refractivity contribution in [2.75, 3.05) is 6.54 Å². The van der Waals surface area contributed by atoms with Crippen LogP contribution in [0.5, 0.6) is 0 Å². The molecule has 0 saturated heterocycles. The zero-order valence-corrected chi connectivity index (χ0v) is 7.32. The summed E-state index contributed by atoms with van der Waals surface area (Å²) in [6.07, 6.45) is 1.83. The number of carboxylic acid groups (broad SMARTS) is 1. The number of carboxylic acids is 1. The molecule has 0 saturated carbocycles. The maximum Gasteiger partial charge on any atom is 0.320 e. The maximum absolute atomic E-state index is 10.6. The van der Waals surface area contributed by atoms with Gasteiger partial charge in [-0.2, -0.15) is 0 Å². The van der Waals surface area contributed by atoms with Gasteiger partial charge in [-0.15, -0.1) is 6.58 Å². The number of hydrogen-bond donors (Lipinski definition) is 3. The SMILES string of the molecule is C=C[8CH2]N[C@H](CCC(N)=O)C(=O)O. The Morgan fingerprint density at radius 2 is 2.31 bits per heavy atom. The first-order valence-electron chi connectivity index (χ1n) is 3.93. The van der Waals surface area contributed by atoms with Gasteiger partial charge in [0.2, 0.25) is 5.91 Å². The van der Waals surface area contributed by atoms with Crippen molar-refractivity contribution in [2.24, 2.45) is 5.73 Å². The van der Waals surface area contributed by atoms with Gasteiger partial charge in [-0.05, 0) is 6.42 Å².